The van der Waals surface area contributed by atoms with Crippen molar-refractivity contribution in [2.75, 3.05) is 9.96 Å². The van der Waals surface area contributed by atoms with E-state index in [4.69, 9.17) is 9.02 Å². The monoisotopic (exact) mass is 526 g/mol. The van der Waals surface area contributed by atoms with E-state index in [0.717, 1.165) is 4.90 Å². The molecular weight excluding hydrogens is 504 g/mol. The summed E-state index contributed by atoms with van der Waals surface area (Å²) in [4.78, 5) is 34.6. The molecule has 2 saturated heterocycles. The van der Waals surface area contributed by atoms with Crippen molar-refractivity contribution in [3.8, 4) is 5.75 Å². The molecule has 4 aromatic carbocycles. The minimum Gasteiger partial charge on any atom is -0.379 e. The van der Waals surface area contributed by atoms with Crippen LogP contribution in [0.4, 0.5) is 11.4 Å². The predicted octanol–water partition coefficient (Wildman–Crippen LogP) is 4.51. The molecule has 4 aromatic rings. The molecule has 2 amide bonds. The molecule has 2 aliphatic rings. The van der Waals surface area contributed by atoms with Gasteiger partial charge in [-0.15, -0.1) is 0 Å². The molecule has 0 unspecified atom stereocenters. The highest BCUT2D eigenvalue weighted by molar-refractivity contribution is 7.87. The van der Waals surface area contributed by atoms with Gasteiger partial charge in [0.2, 0.25) is 5.91 Å². The minimum absolute atomic E-state index is 0.00218. The van der Waals surface area contributed by atoms with Gasteiger partial charge in [-0.1, -0.05) is 72.8 Å². The number of fused-ring (bicyclic) bond motifs is 1. The highest BCUT2D eigenvalue weighted by Gasteiger charge is 2.60. The summed E-state index contributed by atoms with van der Waals surface area (Å²) in [6, 6.07) is 31.3. The molecule has 9 heteroatoms. The van der Waals surface area contributed by atoms with Gasteiger partial charge >= 0.3 is 10.1 Å². The summed E-state index contributed by atoms with van der Waals surface area (Å²) in [6.07, 6.45) is -1.09. The van der Waals surface area contributed by atoms with Gasteiger partial charge in [0.05, 0.1) is 17.4 Å². The van der Waals surface area contributed by atoms with Crippen molar-refractivity contribution in [2.45, 2.75) is 17.0 Å². The van der Waals surface area contributed by atoms with E-state index in [2.05, 4.69) is 0 Å². The number of nitrogens with zero attached hydrogens (tertiary/aromatic N) is 2. The minimum atomic E-state index is -4.17. The van der Waals surface area contributed by atoms with Crippen molar-refractivity contribution >= 4 is 33.3 Å². The third kappa shape index (κ3) is 4.02. The van der Waals surface area contributed by atoms with Crippen molar-refractivity contribution in [2.24, 2.45) is 5.92 Å². The van der Waals surface area contributed by atoms with Crippen molar-refractivity contribution < 1.29 is 27.0 Å². The average molecular weight is 527 g/mol. The van der Waals surface area contributed by atoms with E-state index in [9.17, 15) is 18.0 Å². The fourth-order valence-electron chi connectivity index (χ4n) is 4.91. The van der Waals surface area contributed by atoms with Gasteiger partial charge in [0, 0.05) is 5.56 Å². The van der Waals surface area contributed by atoms with Crippen LogP contribution in [0.5, 0.6) is 5.75 Å². The summed E-state index contributed by atoms with van der Waals surface area (Å²) in [5.41, 5.74) is 1.46. The zero-order chi connectivity index (χ0) is 26.3. The molecule has 190 valence electrons. The predicted molar refractivity (Wildman–Crippen MR) is 140 cm³/mol. The Morgan fingerprint density at radius 2 is 1.21 bits per heavy atom. The lowest BCUT2D eigenvalue weighted by molar-refractivity contribution is -0.126. The third-order valence-corrected chi connectivity index (χ3v) is 7.86. The first kappa shape index (κ1) is 23.9. The van der Waals surface area contributed by atoms with Crippen LogP contribution in [-0.4, -0.2) is 26.3 Å². The molecule has 38 heavy (non-hydrogen) atoms. The van der Waals surface area contributed by atoms with Gasteiger partial charge in [-0.3, -0.25) is 14.4 Å². The van der Waals surface area contributed by atoms with E-state index >= 15 is 0 Å². The van der Waals surface area contributed by atoms with Crippen molar-refractivity contribution in [1.29, 1.82) is 0 Å². The lowest BCUT2D eigenvalue weighted by Gasteiger charge is -2.29. The Morgan fingerprint density at radius 1 is 0.658 bits per heavy atom. The van der Waals surface area contributed by atoms with Crippen LogP contribution in [-0.2, 0) is 24.5 Å². The number of carbonyl (C=O) groups is 2. The Morgan fingerprint density at radius 3 is 1.87 bits per heavy atom. The maximum Gasteiger partial charge on any atom is 0.339 e. The highest BCUT2D eigenvalue weighted by atomic mass is 32.2. The zero-order valence-electron chi connectivity index (χ0n) is 20.0. The Hall–Kier alpha value is -4.47. The second-order valence-electron chi connectivity index (χ2n) is 8.89. The summed E-state index contributed by atoms with van der Waals surface area (Å²) in [7, 11) is -4.17. The first-order valence-corrected chi connectivity index (χ1v) is 13.4. The molecular formula is C29H22N2O6S. The topological polar surface area (TPSA) is 93.2 Å². The second kappa shape index (κ2) is 9.44. The molecule has 0 radical (unpaired) electrons. The highest BCUT2D eigenvalue weighted by Crippen LogP contribution is 2.49. The van der Waals surface area contributed by atoms with E-state index < -0.39 is 40.0 Å². The molecule has 0 aliphatic carbocycles. The lowest BCUT2D eigenvalue weighted by Crippen LogP contribution is -2.37. The van der Waals surface area contributed by atoms with Crippen LogP contribution in [0.2, 0.25) is 0 Å². The van der Waals surface area contributed by atoms with Gasteiger partial charge in [0.1, 0.15) is 16.6 Å². The van der Waals surface area contributed by atoms with Crippen LogP contribution in [0.15, 0.2) is 120 Å². The molecule has 0 aromatic heterocycles. The van der Waals surface area contributed by atoms with Crippen LogP contribution >= 0.6 is 0 Å². The number of para-hydroxylation sites is 3. The largest absolute Gasteiger partial charge is 0.379 e. The van der Waals surface area contributed by atoms with E-state index in [1.165, 1.54) is 23.3 Å². The standard InChI is InChI=1S/C29H22N2O6S/c32-28-25-26(23-18-10-11-19-24(23)37-38(34,35)22-16-8-3-9-17-22)31(21-14-6-2-7-15-21)36-27(25)29(33)30(28)20-12-4-1-5-13-20/h1-19,25-27H/t25-,26+,27+/m1/s1. The number of imide groups is 1. The van der Waals surface area contributed by atoms with Crippen molar-refractivity contribution in [1.82, 2.24) is 0 Å². The first-order chi connectivity index (χ1) is 18.5. The van der Waals surface area contributed by atoms with E-state index in [1.54, 1.807) is 78.9 Å². The van der Waals surface area contributed by atoms with Gasteiger partial charge in [-0.05, 0) is 42.5 Å². The fourth-order valence-corrected chi connectivity index (χ4v) is 5.89. The Bertz CT molecular complexity index is 1600. The number of benzene rings is 4. The van der Waals surface area contributed by atoms with Crippen LogP contribution < -0.4 is 14.1 Å². The Labute approximate surface area is 219 Å². The van der Waals surface area contributed by atoms with Gasteiger partial charge in [-0.25, -0.2) is 9.96 Å². The van der Waals surface area contributed by atoms with Gasteiger partial charge in [0.25, 0.3) is 5.91 Å². The number of hydroxylamine groups is 1. The summed E-state index contributed by atoms with van der Waals surface area (Å²) in [5.74, 6) is -1.81. The summed E-state index contributed by atoms with van der Waals surface area (Å²) < 4.78 is 31.8. The molecule has 2 aliphatic heterocycles. The lowest BCUT2D eigenvalue weighted by atomic mass is 9.90. The van der Waals surface area contributed by atoms with Crippen LogP contribution in [0.1, 0.15) is 11.6 Å². The molecule has 2 fully saturated rings. The summed E-state index contributed by atoms with van der Waals surface area (Å²) in [5, 5.41) is 1.50. The van der Waals surface area contributed by atoms with Gasteiger partial charge < -0.3 is 4.18 Å². The number of rotatable bonds is 6. The molecule has 0 N–H and O–H groups in total. The SMILES string of the molecule is O=C1[C@H]2[C@H](ON(c3ccccc3)[C@H]2c2ccccc2OS(=O)(=O)c2ccccc2)C(=O)N1c1ccccc1. The molecule has 0 spiro atoms. The Balaban J connectivity index is 1.45. The third-order valence-electron chi connectivity index (χ3n) is 6.61. The van der Waals surface area contributed by atoms with E-state index in [1.807, 2.05) is 18.2 Å². The molecule has 3 atom stereocenters. The second-order valence-corrected chi connectivity index (χ2v) is 10.4. The van der Waals surface area contributed by atoms with Crippen molar-refractivity contribution in [3.05, 3.63) is 121 Å². The van der Waals surface area contributed by atoms with Gasteiger partial charge in [0.15, 0.2) is 6.10 Å². The number of carbonyl (C=O) groups excluding carboxylic acids is 2. The number of amides is 2. The van der Waals surface area contributed by atoms with Crippen LogP contribution in [0.25, 0.3) is 0 Å². The molecule has 8 nitrogen and oxygen atoms in total. The zero-order valence-corrected chi connectivity index (χ0v) is 20.8. The number of hydrogen-bond acceptors (Lipinski definition) is 7. The maximum absolute atomic E-state index is 13.8. The van der Waals surface area contributed by atoms with Crippen LogP contribution in [0.3, 0.4) is 0 Å². The quantitative estimate of drug-likeness (QED) is 0.270. The summed E-state index contributed by atoms with van der Waals surface area (Å²) in [6.45, 7) is 0. The molecule has 2 heterocycles. The smallest absolute Gasteiger partial charge is 0.339 e. The fraction of sp³-hybridized carbons (Fsp3) is 0.103. The summed E-state index contributed by atoms with van der Waals surface area (Å²) >= 11 is 0. The number of hydrogen-bond donors (Lipinski definition) is 0. The van der Waals surface area contributed by atoms with Crippen LogP contribution in [0, 0.1) is 5.92 Å². The first-order valence-electron chi connectivity index (χ1n) is 12.0. The average Bonchev–Trinajstić information content (AvgIpc) is 3.46. The van der Waals surface area contributed by atoms with E-state index in [0.29, 0.717) is 16.9 Å². The van der Waals surface area contributed by atoms with Crippen molar-refractivity contribution in [3.63, 3.8) is 0 Å². The maximum atomic E-state index is 13.8. The number of anilines is 2. The molecule has 6 rings (SSSR count). The van der Waals surface area contributed by atoms with E-state index in [-0.39, 0.29) is 10.6 Å². The normalized spacial score (nSPS) is 21.0. The molecule has 0 bridgehead atoms. The van der Waals surface area contributed by atoms with Gasteiger partial charge in [-0.2, -0.15) is 8.42 Å². The molecule has 0 saturated carbocycles. The Kier molecular flexibility index (Phi) is 5.94.